The van der Waals surface area contributed by atoms with Gasteiger partial charge in [-0.25, -0.2) is 9.59 Å². The molecule has 1 heterocycles. The fourth-order valence-electron chi connectivity index (χ4n) is 3.15. The van der Waals surface area contributed by atoms with Crippen LogP contribution in [0.5, 0.6) is 5.75 Å². The average Bonchev–Trinajstić information content (AvgIpc) is 3.19. The number of anilines is 1. The third-order valence-electron chi connectivity index (χ3n) is 4.69. The van der Waals surface area contributed by atoms with E-state index in [9.17, 15) is 9.59 Å². The molecule has 2 aromatic carbocycles. The summed E-state index contributed by atoms with van der Waals surface area (Å²) in [6.45, 7) is 0.580. The van der Waals surface area contributed by atoms with Crippen molar-refractivity contribution in [1.29, 1.82) is 0 Å². The van der Waals surface area contributed by atoms with Crippen LogP contribution in [0.2, 0.25) is 0 Å². The van der Waals surface area contributed by atoms with Gasteiger partial charge in [-0.15, -0.1) is 0 Å². The number of H-pyrrole nitrogens is 1. The van der Waals surface area contributed by atoms with Crippen LogP contribution < -0.4 is 15.4 Å². The number of esters is 2. The summed E-state index contributed by atoms with van der Waals surface area (Å²) in [6, 6.07) is 10.4. The van der Waals surface area contributed by atoms with Crippen molar-refractivity contribution in [2.45, 2.75) is 6.42 Å². The molecule has 1 aromatic heterocycles. The van der Waals surface area contributed by atoms with Crippen molar-refractivity contribution in [3.05, 3.63) is 59.3 Å². The number of ether oxygens (including phenoxy) is 3. The Morgan fingerprint density at radius 3 is 2.29 bits per heavy atom. The molecule has 0 aliphatic rings. The van der Waals surface area contributed by atoms with E-state index in [2.05, 4.69) is 15.6 Å². The third kappa shape index (κ3) is 5.32. The first-order chi connectivity index (χ1) is 14.9. The number of thiocarbonyl (C=S) groups is 1. The van der Waals surface area contributed by atoms with Gasteiger partial charge in [0, 0.05) is 29.3 Å². The topological polar surface area (TPSA) is 102 Å². The predicted molar refractivity (Wildman–Crippen MR) is 122 cm³/mol. The number of methoxy groups -OCH3 is 3. The number of nitrogens with one attached hydrogen (secondary N) is 3. The SMILES string of the molecule is COC(=O)c1cc(NC(=S)NCCc2c[nH]c3ccc(OC)cc23)cc(C(=O)OC)c1. The highest BCUT2D eigenvalue weighted by Crippen LogP contribution is 2.24. The molecule has 0 saturated heterocycles. The second-order valence-electron chi connectivity index (χ2n) is 6.64. The summed E-state index contributed by atoms with van der Waals surface area (Å²) in [5, 5.41) is 7.57. The highest BCUT2D eigenvalue weighted by atomic mass is 32.1. The number of benzene rings is 2. The van der Waals surface area contributed by atoms with Crippen molar-refractivity contribution in [3.8, 4) is 5.75 Å². The molecule has 0 aliphatic heterocycles. The molecule has 3 N–H and O–H groups in total. The van der Waals surface area contributed by atoms with Gasteiger partial charge in [-0.1, -0.05) is 0 Å². The van der Waals surface area contributed by atoms with Crippen molar-refractivity contribution >= 4 is 45.9 Å². The monoisotopic (exact) mass is 441 g/mol. The molecule has 0 saturated carbocycles. The Bertz CT molecular complexity index is 1090. The Kier molecular flexibility index (Phi) is 7.09. The lowest BCUT2D eigenvalue weighted by Crippen LogP contribution is -2.30. The van der Waals surface area contributed by atoms with Crippen LogP contribution in [0.1, 0.15) is 26.3 Å². The van der Waals surface area contributed by atoms with Gasteiger partial charge < -0.3 is 29.8 Å². The quantitative estimate of drug-likeness (QED) is 0.379. The van der Waals surface area contributed by atoms with Crippen LogP contribution in [-0.2, 0) is 15.9 Å². The van der Waals surface area contributed by atoms with E-state index in [4.69, 9.17) is 26.4 Å². The van der Waals surface area contributed by atoms with E-state index in [1.54, 1.807) is 19.2 Å². The molecule has 0 radical (unpaired) electrons. The van der Waals surface area contributed by atoms with E-state index >= 15 is 0 Å². The summed E-state index contributed by atoms with van der Waals surface area (Å²) < 4.78 is 14.8. The number of carbonyl (C=O) groups excluding carboxylic acids is 2. The summed E-state index contributed by atoms with van der Waals surface area (Å²) in [4.78, 5) is 27.1. The number of aromatic amines is 1. The molecule has 3 rings (SSSR count). The number of hydrogen-bond donors (Lipinski definition) is 3. The van der Waals surface area contributed by atoms with Gasteiger partial charge in [0.05, 0.1) is 32.5 Å². The van der Waals surface area contributed by atoms with Gasteiger partial charge in [0.15, 0.2) is 5.11 Å². The first kappa shape index (κ1) is 22.1. The number of rotatable bonds is 7. The summed E-state index contributed by atoms with van der Waals surface area (Å²) in [7, 11) is 4.18. The average molecular weight is 442 g/mol. The maximum atomic E-state index is 11.9. The van der Waals surface area contributed by atoms with Gasteiger partial charge in [-0.2, -0.15) is 0 Å². The van der Waals surface area contributed by atoms with Crippen LogP contribution in [0, 0.1) is 0 Å². The Hall–Kier alpha value is -3.59. The van der Waals surface area contributed by atoms with Crippen LogP contribution in [-0.4, -0.2) is 49.9 Å². The molecule has 8 nitrogen and oxygen atoms in total. The van der Waals surface area contributed by atoms with E-state index in [0.29, 0.717) is 17.3 Å². The minimum absolute atomic E-state index is 0.212. The molecular formula is C22H23N3O5S. The first-order valence-electron chi connectivity index (χ1n) is 9.45. The van der Waals surface area contributed by atoms with Gasteiger partial charge in [-0.3, -0.25) is 0 Å². The zero-order valence-electron chi connectivity index (χ0n) is 17.4. The van der Waals surface area contributed by atoms with Crippen molar-refractivity contribution in [3.63, 3.8) is 0 Å². The Balaban J connectivity index is 1.65. The molecule has 0 aliphatic carbocycles. The van der Waals surface area contributed by atoms with Crippen molar-refractivity contribution in [2.24, 2.45) is 0 Å². The van der Waals surface area contributed by atoms with Gasteiger partial charge in [0.1, 0.15) is 5.75 Å². The van der Waals surface area contributed by atoms with E-state index in [1.165, 1.54) is 20.3 Å². The van der Waals surface area contributed by atoms with Gasteiger partial charge in [0.2, 0.25) is 0 Å². The summed E-state index contributed by atoms with van der Waals surface area (Å²) in [5.74, 6) is -0.338. The molecule has 0 atom stereocenters. The van der Waals surface area contributed by atoms with Gasteiger partial charge in [0.25, 0.3) is 0 Å². The Labute approximate surface area is 184 Å². The van der Waals surface area contributed by atoms with Crippen LogP contribution in [0.25, 0.3) is 10.9 Å². The second kappa shape index (κ2) is 9.94. The Morgan fingerprint density at radius 1 is 1.00 bits per heavy atom. The smallest absolute Gasteiger partial charge is 0.337 e. The third-order valence-corrected chi connectivity index (χ3v) is 4.93. The van der Waals surface area contributed by atoms with Crippen LogP contribution in [0.3, 0.4) is 0 Å². The van der Waals surface area contributed by atoms with E-state index < -0.39 is 11.9 Å². The zero-order valence-corrected chi connectivity index (χ0v) is 18.2. The molecule has 162 valence electrons. The molecular weight excluding hydrogens is 418 g/mol. The molecule has 9 heteroatoms. The summed E-state index contributed by atoms with van der Waals surface area (Å²) in [6.07, 6.45) is 2.69. The molecule has 0 bridgehead atoms. The number of hydrogen-bond acceptors (Lipinski definition) is 6. The molecule has 31 heavy (non-hydrogen) atoms. The van der Waals surface area contributed by atoms with Gasteiger partial charge >= 0.3 is 11.9 Å². The fourth-order valence-corrected chi connectivity index (χ4v) is 3.37. The summed E-state index contributed by atoms with van der Waals surface area (Å²) in [5.41, 5.74) is 3.06. The highest BCUT2D eigenvalue weighted by Gasteiger charge is 2.14. The summed E-state index contributed by atoms with van der Waals surface area (Å²) >= 11 is 5.36. The normalized spacial score (nSPS) is 10.4. The zero-order chi connectivity index (χ0) is 22.4. The van der Waals surface area contributed by atoms with Gasteiger partial charge in [-0.05, 0) is 60.6 Å². The molecule has 0 fully saturated rings. The molecule has 0 amide bonds. The van der Waals surface area contributed by atoms with E-state index in [1.807, 2.05) is 24.4 Å². The van der Waals surface area contributed by atoms with Crippen LogP contribution in [0.15, 0.2) is 42.6 Å². The van der Waals surface area contributed by atoms with Crippen LogP contribution >= 0.6 is 12.2 Å². The van der Waals surface area contributed by atoms with Crippen molar-refractivity contribution in [1.82, 2.24) is 10.3 Å². The largest absolute Gasteiger partial charge is 0.497 e. The number of aromatic nitrogens is 1. The van der Waals surface area contributed by atoms with E-state index in [-0.39, 0.29) is 11.1 Å². The maximum absolute atomic E-state index is 11.9. The molecule has 3 aromatic rings. The highest BCUT2D eigenvalue weighted by molar-refractivity contribution is 7.80. The lowest BCUT2D eigenvalue weighted by Gasteiger charge is -2.12. The maximum Gasteiger partial charge on any atom is 0.337 e. The fraction of sp³-hybridized carbons (Fsp3) is 0.227. The predicted octanol–water partition coefficient (Wildman–Crippen LogP) is 3.28. The number of carbonyl (C=O) groups is 2. The Morgan fingerprint density at radius 2 is 1.68 bits per heavy atom. The standard InChI is InChI=1S/C22H23N3O5S/c1-28-17-4-5-19-18(11-17)13(12-24-19)6-7-23-22(31)25-16-9-14(20(26)29-2)8-15(10-16)21(27)30-3/h4-5,8-12,24H,6-7H2,1-3H3,(H2,23,25,31). The lowest BCUT2D eigenvalue weighted by atomic mass is 10.1. The van der Waals surface area contributed by atoms with E-state index in [0.717, 1.165) is 28.6 Å². The van der Waals surface area contributed by atoms with Crippen LogP contribution in [0.4, 0.5) is 5.69 Å². The minimum Gasteiger partial charge on any atom is -0.497 e. The first-order valence-corrected chi connectivity index (χ1v) is 9.86. The van der Waals surface area contributed by atoms with Crippen molar-refractivity contribution < 1.29 is 23.8 Å². The number of fused-ring (bicyclic) bond motifs is 1. The lowest BCUT2D eigenvalue weighted by molar-refractivity contribution is 0.0599. The molecule has 0 unspecified atom stereocenters. The second-order valence-corrected chi connectivity index (χ2v) is 7.05. The molecule has 0 spiro atoms. The minimum atomic E-state index is -0.567. The van der Waals surface area contributed by atoms with Crippen molar-refractivity contribution in [2.75, 3.05) is 33.2 Å².